The van der Waals surface area contributed by atoms with Gasteiger partial charge in [-0.25, -0.2) is 0 Å². The van der Waals surface area contributed by atoms with Gasteiger partial charge >= 0.3 is 0 Å². The van der Waals surface area contributed by atoms with Crippen LogP contribution in [0.5, 0.6) is 0 Å². The van der Waals surface area contributed by atoms with Crippen molar-refractivity contribution in [2.75, 3.05) is 26.4 Å². The van der Waals surface area contributed by atoms with Crippen molar-refractivity contribution in [3.63, 3.8) is 0 Å². The monoisotopic (exact) mass is 1350 g/mol. The second-order valence-electron chi connectivity index (χ2n) is 27.4. The maximum absolute atomic E-state index is 13.5. The molecular formula is C76H139NO18. The van der Waals surface area contributed by atoms with Gasteiger partial charge in [0.1, 0.15) is 73.2 Å². The lowest BCUT2D eigenvalue weighted by molar-refractivity contribution is -0.379. The molecule has 3 heterocycles. The Morgan fingerprint density at radius 3 is 1.14 bits per heavy atom. The van der Waals surface area contributed by atoms with Gasteiger partial charge in [-0.1, -0.05) is 287 Å². The van der Waals surface area contributed by atoms with E-state index in [-0.39, 0.29) is 18.9 Å². The molecule has 0 aromatic carbocycles. The van der Waals surface area contributed by atoms with Crippen LogP contribution in [-0.4, -0.2) is 193 Å². The van der Waals surface area contributed by atoms with Crippen LogP contribution in [0.3, 0.4) is 0 Å². The van der Waals surface area contributed by atoms with Crippen molar-refractivity contribution in [2.45, 2.75) is 401 Å². The first-order valence-electron chi connectivity index (χ1n) is 38.4. The van der Waals surface area contributed by atoms with E-state index in [1.165, 1.54) is 186 Å². The molecule has 0 radical (unpaired) electrons. The van der Waals surface area contributed by atoms with Gasteiger partial charge < -0.3 is 89.9 Å². The van der Waals surface area contributed by atoms with E-state index in [2.05, 4.69) is 67.8 Å². The molecule has 0 aromatic rings. The van der Waals surface area contributed by atoms with Crippen LogP contribution in [-0.2, 0) is 33.2 Å². The van der Waals surface area contributed by atoms with Crippen molar-refractivity contribution < 1.29 is 89.4 Å². The van der Waals surface area contributed by atoms with Gasteiger partial charge in [0.05, 0.1) is 38.6 Å². The number of carbonyl (C=O) groups is 1. The number of ether oxygens (including phenoxy) is 6. The van der Waals surface area contributed by atoms with Crippen molar-refractivity contribution in [2.24, 2.45) is 0 Å². The average molecular weight is 1350 g/mol. The van der Waals surface area contributed by atoms with Crippen LogP contribution in [0.15, 0.2) is 48.6 Å². The fourth-order valence-electron chi connectivity index (χ4n) is 13.0. The number of aliphatic hydroxyl groups excluding tert-OH is 11. The predicted octanol–water partition coefficient (Wildman–Crippen LogP) is 11.7. The lowest BCUT2D eigenvalue weighted by atomic mass is 9.96. The molecule has 3 aliphatic rings. The summed E-state index contributed by atoms with van der Waals surface area (Å²) in [6.07, 6.45) is 43.3. The van der Waals surface area contributed by atoms with Gasteiger partial charge in [0, 0.05) is 6.42 Å². The zero-order valence-electron chi connectivity index (χ0n) is 59.2. The topological polar surface area (TPSA) is 307 Å². The number of rotatable bonds is 60. The third-order valence-corrected chi connectivity index (χ3v) is 19.2. The summed E-state index contributed by atoms with van der Waals surface area (Å²) in [4.78, 5) is 13.5. The highest BCUT2D eigenvalue weighted by atomic mass is 16.8. The highest BCUT2D eigenvalue weighted by Gasteiger charge is 2.53. The normalized spacial score (nSPS) is 27.4. The molecule has 556 valence electrons. The van der Waals surface area contributed by atoms with Crippen molar-refractivity contribution >= 4 is 5.91 Å². The van der Waals surface area contributed by atoms with E-state index in [9.17, 15) is 61.0 Å². The molecule has 19 nitrogen and oxygen atoms in total. The highest BCUT2D eigenvalue weighted by molar-refractivity contribution is 5.76. The average Bonchev–Trinajstić information content (AvgIpc) is 0.787. The smallest absolute Gasteiger partial charge is 0.220 e. The number of hydrogen-bond donors (Lipinski definition) is 12. The predicted molar refractivity (Wildman–Crippen MR) is 374 cm³/mol. The Morgan fingerprint density at radius 2 is 0.726 bits per heavy atom. The Labute approximate surface area is 573 Å². The minimum Gasteiger partial charge on any atom is -0.394 e. The summed E-state index contributed by atoms with van der Waals surface area (Å²) < 4.78 is 34.5. The first-order chi connectivity index (χ1) is 46.3. The number of allylic oxidation sites excluding steroid dienone is 8. The van der Waals surface area contributed by atoms with Crippen LogP contribution in [0.1, 0.15) is 296 Å². The minimum absolute atomic E-state index is 0.245. The van der Waals surface area contributed by atoms with Crippen molar-refractivity contribution in [1.29, 1.82) is 0 Å². The number of carbonyl (C=O) groups excluding carboxylic acids is 1. The summed E-state index contributed by atoms with van der Waals surface area (Å²) in [5.74, 6) is -0.245. The fourth-order valence-corrected chi connectivity index (χ4v) is 13.0. The van der Waals surface area contributed by atoms with Crippen LogP contribution in [0.25, 0.3) is 0 Å². The summed E-state index contributed by atoms with van der Waals surface area (Å²) in [6, 6.07) is -0.893. The van der Waals surface area contributed by atoms with Gasteiger partial charge in [-0.2, -0.15) is 0 Å². The molecule has 3 rings (SSSR count). The van der Waals surface area contributed by atoms with E-state index in [1.807, 2.05) is 0 Å². The van der Waals surface area contributed by atoms with Gasteiger partial charge in [-0.05, 0) is 51.4 Å². The Balaban J connectivity index is 1.39. The van der Waals surface area contributed by atoms with Crippen LogP contribution >= 0.6 is 0 Å². The van der Waals surface area contributed by atoms with Gasteiger partial charge in [0.2, 0.25) is 5.91 Å². The summed E-state index contributed by atoms with van der Waals surface area (Å²) >= 11 is 0. The van der Waals surface area contributed by atoms with Crippen LogP contribution in [0.2, 0.25) is 0 Å². The van der Waals surface area contributed by atoms with Gasteiger partial charge in [0.15, 0.2) is 18.9 Å². The summed E-state index contributed by atoms with van der Waals surface area (Å²) in [5.41, 5.74) is 0. The molecule has 3 aliphatic heterocycles. The van der Waals surface area contributed by atoms with Gasteiger partial charge in [0.25, 0.3) is 0 Å². The molecule has 17 atom stereocenters. The Bertz CT molecular complexity index is 1910. The second-order valence-corrected chi connectivity index (χ2v) is 27.4. The van der Waals surface area contributed by atoms with Crippen LogP contribution < -0.4 is 5.32 Å². The first-order valence-corrected chi connectivity index (χ1v) is 38.4. The highest BCUT2D eigenvalue weighted by Crippen LogP contribution is 2.33. The SMILES string of the molecule is CC/C=C\C/C=C\C/C=C\C/C=C\CCCCCCCCCCCCC(=O)NC(COC1OC(CO)C(OC2OC(CO)C(OC3OC(CO)C(O)C(O)C3O)C(O)C2O)C(O)C1O)C(O)CCCCCCCCCCCCCCCCCCCCCCCCCCCCC. The molecule has 1 amide bonds. The quantitative estimate of drug-likeness (QED) is 0.0199. The van der Waals surface area contributed by atoms with E-state index in [0.29, 0.717) is 12.8 Å². The molecule has 0 aliphatic carbocycles. The molecule has 12 N–H and O–H groups in total. The molecule has 0 spiro atoms. The lowest BCUT2D eigenvalue weighted by Gasteiger charge is -2.48. The molecule has 17 unspecified atom stereocenters. The molecule has 95 heavy (non-hydrogen) atoms. The summed E-state index contributed by atoms with van der Waals surface area (Å²) in [6.45, 7) is 1.72. The summed E-state index contributed by atoms with van der Waals surface area (Å²) in [7, 11) is 0. The van der Waals surface area contributed by atoms with E-state index < -0.39 is 124 Å². The van der Waals surface area contributed by atoms with E-state index in [0.717, 1.165) is 77.0 Å². The van der Waals surface area contributed by atoms with Crippen molar-refractivity contribution in [3.05, 3.63) is 48.6 Å². The minimum atomic E-state index is -1.97. The lowest BCUT2D eigenvalue weighted by Crippen LogP contribution is -2.66. The van der Waals surface area contributed by atoms with E-state index >= 15 is 0 Å². The zero-order valence-corrected chi connectivity index (χ0v) is 59.2. The standard InChI is InChI=1S/C76H139NO18/c1-3-5-7-9-11-13-15-17-19-21-23-25-27-28-29-30-32-33-35-37-39-41-43-45-47-49-51-53-60(81)59(77-64(82)54-52-50-48-46-44-42-40-38-36-34-31-26-24-22-20-18-16-14-12-10-8-6-4-2)58-90-74-70(88)67(85)72(62(56-79)92-74)95-76-71(89)68(86)73(63(57-80)93-76)94-75-69(87)66(84)65(83)61(55-78)91-75/h6,8,12,14,18,20,24,26,59-63,65-76,78-81,83-89H,3-5,7,9-11,13,15-17,19,21-23,25,27-58H2,1-2H3,(H,77,82)/b8-6-,14-12-,20-18-,26-24-. The molecule has 0 aromatic heterocycles. The van der Waals surface area contributed by atoms with E-state index in [4.69, 9.17) is 28.4 Å². The number of aliphatic hydroxyl groups is 11. The molecule has 0 bridgehead atoms. The number of hydrogen-bond acceptors (Lipinski definition) is 18. The first kappa shape index (κ1) is 87.0. The second kappa shape index (κ2) is 57.4. The fraction of sp³-hybridized carbons (Fsp3) is 0.882. The van der Waals surface area contributed by atoms with Crippen LogP contribution in [0, 0.1) is 0 Å². The molecular weight excluding hydrogens is 1210 g/mol. The Morgan fingerprint density at radius 1 is 0.389 bits per heavy atom. The van der Waals surface area contributed by atoms with Gasteiger partial charge in [-0.3, -0.25) is 4.79 Å². The third-order valence-electron chi connectivity index (χ3n) is 19.2. The molecule has 19 heteroatoms. The summed E-state index contributed by atoms with van der Waals surface area (Å²) in [5, 5.41) is 121. The Kier molecular flexibility index (Phi) is 52.5. The van der Waals surface area contributed by atoms with Crippen molar-refractivity contribution in [1.82, 2.24) is 5.32 Å². The molecule has 3 fully saturated rings. The van der Waals surface area contributed by atoms with Crippen LogP contribution in [0.4, 0.5) is 0 Å². The number of amides is 1. The number of nitrogens with one attached hydrogen (secondary N) is 1. The zero-order chi connectivity index (χ0) is 68.9. The maximum atomic E-state index is 13.5. The third kappa shape index (κ3) is 38.4. The Hall–Kier alpha value is -2.25. The maximum Gasteiger partial charge on any atom is 0.220 e. The van der Waals surface area contributed by atoms with Crippen molar-refractivity contribution in [3.8, 4) is 0 Å². The largest absolute Gasteiger partial charge is 0.394 e. The molecule has 3 saturated heterocycles. The molecule has 0 saturated carbocycles. The van der Waals surface area contributed by atoms with E-state index in [1.54, 1.807) is 0 Å². The number of unbranched alkanes of at least 4 members (excludes halogenated alkanes) is 36. The van der Waals surface area contributed by atoms with Gasteiger partial charge in [-0.15, -0.1) is 0 Å².